The van der Waals surface area contributed by atoms with E-state index in [0.717, 1.165) is 24.0 Å². The molecule has 0 amide bonds. The quantitative estimate of drug-likeness (QED) is 0.537. The lowest BCUT2D eigenvalue weighted by atomic mass is 10.5. The summed E-state index contributed by atoms with van der Waals surface area (Å²) in [5, 5.41) is 1.06. The number of aromatic nitrogens is 1. The van der Waals surface area contributed by atoms with E-state index in [4.69, 9.17) is 4.74 Å². The Morgan fingerprint density at radius 3 is 3.08 bits per heavy atom. The summed E-state index contributed by atoms with van der Waals surface area (Å²) in [6.07, 6.45) is 1.81. The van der Waals surface area contributed by atoms with Crippen LogP contribution in [0, 0.1) is 0 Å². The Hall–Kier alpha value is -0.190. The first-order valence-electron chi connectivity index (χ1n) is 4.21. The van der Waals surface area contributed by atoms with Crippen LogP contribution < -0.4 is 0 Å². The average Bonchev–Trinajstić information content (AvgIpc) is 2.19. The van der Waals surface area contributed by atoms with Crippen molar-refractivity contribution in [3.8, 4) is 0 Å². The molecule has 0 aliphatic carbocycles. The lowest BCUT2D eigenvalue weighted by Crippen LogP contribution is -1.94. The van der Waals surface area contributed by atoms with Gasteiger partial charge in [0, 0.05) is 18.6 Å². The van der Waals surface area contributed by atoms with Gasteiger partial charge in [-0.1, -0.05) is 16.9 Å². The highest BCUT2D eigenvalue weighted by atomic mass is 33.1. The number of nitrogens with zero attached hydrogens (tertiary/aromatic N) is 1. The first kappa shape index (κ1) is 10.9. The van der Waals surface area contributed by atoms with E-state index in [1.807, 2.05) is 31.3 Å². The molecule has 0 N–H and O–H groups in total. The molecule has 1 aromatic heterocycles. The van der Waals surface area contributed by atoms with Gasteiger partial charge < -0.3 is 4.74 Å². The third kappa shape index (κ3) is 5.18. The third-order valence-electron chi connectivity index (χ3n) is 1.30. The molecule has 0 saturated heterocycles. The number of rotatable bonds is 6. The van der Waals surface area contributed by atoms with Crippen LogP contribution in [0.1, 0.15) is 6.92 Å². The van der Waals surface area contributed by atoms with Crippen molar-refractivity contribution in [3.63, 3.8) is 0 Å². The summed E-state index contributed by atoms with van der Waals surface area (Å²) in [6.45, 7) is 3.63. The van der Waals surface area contributed by atoms with Crippen molar-refractivity contribution >= 4 is 21.6 Å². The van der Waals surface area contributed by atoms with Crippen LogP contribution in [0.5, 0.6) is 0 Å². The van der Waals surface area contributed by atoms with Crippen molar-refractivity contribution in [3.05, 3.63) is 24.4 Å². The van der Waals surface area contributed by atoms with Gasteiger partial charge in [-0.05, 0) is 29.9 Å². The molecule has 0 aliphatic rings. The molecule has 0 saturated carbocycles. The summed E-state index contributed by atoms with van der Waals surface area (Å²) >= 11 is 0. The molecule has 1 rings (SSSR count). The maximum absolute atomic E-state index is 5.22. The van der Waals surface area contributed by atoms with E-state index >= 15 is 0 Å². The second-order valence-electron chi connectivity index (χ2n) is 2.27. The van der Waals surface area contributed by atoms with Crippen molar-refractivity contribution in [2.75, 3.05) is 19.0 Å². The van der Waals surface area contributed by atoms with Gasteiger partial charge in [-0.2, -0.15) is 0 Å². The highest BCUT2D eigenvalue weighted by Gasteiger charge is 1.93. The largest absolute Gasteiger partial charge is 0.381 e. The molecule has 4 heteroatoms. The van der Waals surface area contributed by atoms with Crippen LogP contribution in [0.3, 0.4) is 0 Å². The van der Waals surface area contributed by atoms with Crippen molar-refractivity contribution in [1.29, 1.82) is 0 Å². The van der Waals surface area contributed by atoms with Gasteiger partial charge in [0.15, 0.2) is 0 Å². The smallest absolute Gasteiger partial charge is 0.106 e. The van der Waals surface area contributed by atoms with Crippen LogP contribution in [-0.4, -0.2) is 24.0 Å². The van der Waals surface area contributed by atoms with Crippen LogP contribution in [0.4, 0.5) is 0 Å². The fourth-order valence-electron chi connectivity index (χ4n) is 0.736. The van der Waals surface area contributed by atoms with Gasteiger partial charge >= 0.3 is 0 Å². The summed E-state index contributed by atoms with van der Waals surface area (Å²) in [6, 6.07) is 5.94. The summed E-state index contributed by atoms with van der Waals surface area (Å²) in [7, 11) is 3.47. The monoisotopic (exact) mass is 215 g/mol. The summed E-state index contributed by atoms with van der Waals surface area (Å²) in [4.78, 5) is 4.20. The number of pyridine rings is 1. The maximum atomic E-state index is 5.22. The van der Waals surface area contributed by atoms with Crippen LogP contribution in [0.25, 0.3) is 0 Å². The van der Waals surface area contributed by atoms with E-state index in [1.54, 1.807) is 21.6 Å². The molecule has 0 aromatic carbocycles. The predicted octanol–water partition coefficient (Wildman–Crippen LogP) is 2.86. The summed E-state index contributed by atoms with van der Waals surface area (Å²) in [5.74, 6) is 1.01. The molecule has 2 nitrogen and oxygen atoms in total. The Morgan fingerprint density at radius 2 is 2.38 bits per heavy atom. The van der Waals surface area contributed by atoms with Crippen LogP contribution >= 0.6 is 21.6 Å². The van der Waals surface area contributed by atoms with Crippen LogP contribution in [0.2, 0.25) is 0 Å². The third-order valence-corrected chi connectivity index (χ3v) is 3.53. The van der Waals surface area contributed by atoms with E-state index in [0.29, 0.717) is 0 Å². The Labute approximate surface area is 86.9 Å². The normalized spacial score (nSPS) is 10.2. The minimum absolute atomic E-state index is 0.800. The molecule has 0 bridgehead atoms. The van der Waals surface area contributed by atoms with E-state index in [9.17, 15) is 0 Å². The topological polar surface area (TPSA) is 22.1 Å². The highest BCUT2D eigenvalue weighted by molar-refractivity contribution is 8.76. The molecular weight excluding hydrogens is 202 g/mol. The molecule has 0 aliphatic heterocycles. The van der Waals surface area contributed by atoms with Gasteiger partial charge in [0.1, 0.15) is 5.03 Å². The van der Waals surface area contributed by atoms with Gasteiger partial charge in [0.05, 0.1) is 6.61 Å². The van der Waals surface area contributed by atoms with Gasteiger partial charge in [0.25, 0.3) is 0 Å². The first-order chi connectivity index (χ1) is 6.43. The highest BCUT2D eigenvalue weighted by Crippen LogP contribution is 2.28. The zero-order chi connectivity index (χ0) is 9.36. The molecule has 0 spiro atoms. The van der Waals surface area contributed by atoms with Gasteiger partial charge in [0.2, 0.25) is 0 Å². The van der Waals surface area contributed by atoms with Crippen molar-refractivity contribution in [2.45, 2.75) is 11.9 Å². The Kier molecular flexibility index (Phi) is 6.06. The zero-order valence-electron chi connectivity index (χ0n) is 7.60. The standard InChI is InChI=1S/C9H13NOS2/c1-2-11-7-8-12-13-9-5-3-4-6-10-9/h3-6H,2,7-8H2,1H3. The molecule has 0 radical (unpaired) electrons. The molecule has 1 heterocycles. The number of hydrogen-bond donors (Lipinski definition) is 0. The fourth-order valence-corrected chi connectivity index (χ4v) is 2.48. The lowest BCUT2D eigenvalue weighted by molar-refractivity contribution is 0.165. The molecule has 0 atom stereocenters. The van der Waals surface area contributed by atoms with Crippen LogP contribution in [-0.2, 0) is 4.74 Å². The van der Waals surface area contributed by atoms with E-state index in [-0.39, 0.29) is 0 Å². The van der Waals surface area contributed by atoms with Crippen molar-refractivity contribution in [2.24, 2.45) is 0 Å². The van der Waals surface area contributed by atoms with Crippen LogP contribution in [0.15, 0.2) is 29.4 Å². The summed E-state index contributed by atoms with van der Waals surface area (Å²) in [5.41, 5.74) is 0. The van der Waals surface area contributed by atoms with Gasteiger partial charge in [-0.25, -0.2) is 4.98 Å². The SMILES string of the molecule is CCOCCSSc1ccccn1. The Morgan fingerprint density at radius 1 is 1.46 bits per heavy atom. The molecule has 0 unspecified atom stereocenters. The maximum Gasteiger partial charge on any atom is 0.106 e. The van der Waals surface area contributed by atoms with Crippen molar-refractivity contribution < 1.29 is 4.74 Å². The number of hydrogen-bond acceptors (Lipinski definition) is 4. The van der Waals surface area contributed by atoms with E-state index in [1.165, 1.54) is 0 Å². The van der Waals surface area contributed by atoms with Gasteiger partial charge in [-0.15, -0.1) is 0 Å². The average molecular weight is 215 g/mol. The van der Waals surface area contributed by atoms with Gasteiger partial charge in [-0.3, -0.25) is 0 Å². The Bertz CT molecular complexity index is 218. The predicted molar refractivity (Wildman–Crippen MR) is 59.0 cm³/mol. The molecule has 0 fully saturated rings. The fraction of sp³-hybridized carbons (Fsp3) is 0.444. The lowest BCUT2D eigenvalue weighted by Gasteiger charge is -2.00. The Balaban J connectivity index is 2.07. The zero-order valence-corrected chi connectivity index (χ0v) is 9.24. The molecule has 72 valence electrons. The second-order valence-corrected chi connectivity index (χ2v) is 4.71. The molecular formula is C9H13NOS2. The molecule has 13 heavy (non-hydrogen) atoms. The molecule has 1 aromatic rings. The number of ether oxygens (including phenoxy) is 1. The minimum atomic E-state index is 0.800. The van der Waals surface area contributed by atoms with Crippen molar-refractivity contribution in [1.82, 2.24) is 4.98 Å². The minimum Gasteiger partial charge on any atom is -0.381 e. The first-order valence-corrected chi connectivity index (χ1v) is 6.53. The second kappa shape index (κ2) is 7.24. The van der Waals surface area contributed by atoms with E-state index < -0.39 is 0 Å². The summed E-state index contributed by atoms with van der Waals surface area (Å²) < 4.78 is 5.22. The van der Waals surface area contributed by atoms with E-state index in [2.05, 4.69) is 4.98 Å².